The Hall–Kier alpha value is -0.610. The minimum absolute atomic E-state index is 0.179. The van der Waals surface area contributed by atoms with Crippen LogP contribution in [0, 0.1) is 5.92 Å². The lowest BCUT2D eigenvalue weighted by atomic mass is 9.96. The molecule has 2 fully saturated rings. The van der Waals surface area contributed by atoms with E-state index in [1.807, 2.05) is 0 Å². The molecular weight excluding hydrogens is 214 g/mol. The lowest BCUT2D eigenvalue weighted by molar-refractivity contribution is -0.121. The quantitative estimate of drug-likeness (QED) is 0.760. The molecule has 0 aromatic heterocycles. The molecule has 2 aliphatic rings. The van der Waals surface area contributed by atoms with Gasteiger partial charge in [-0.15, -0.1) is 0 Å². The summed E-state index contributed by atoms with van der Waals surface area (Å²) in [6.45, 7) is 6.50. The number of carbonyl (C=O) groups is 1. The van der Waals surface area contributed by atoms with E-state index in [0.29, 0.717) is 12.1 Å². The highest BCUT2D eigenvalue weighted by molar-refractivity contribution is 5.80. The Bertz CT molecular complexity index is 280. The zero-order valence-corrected chi connectivity index (χ0v) is 11.0. The van der Waals surface area contributed by atoms with E-state index in [4.69, 9.17) is 5.73 Å². The average molecular weight is 239 g/mol. The molecule has 0 radical (unpaired) electrons. The number of amides is 1. The highest BCUT2D eigenvalue weighted by atomic mass is 16.1. The second-order valence-electron chi connectivity index (χ2n) is 5.78. The van der Waals surface area contributed by atoms with E-state index in [9.17, 15) is 4.79 Å². The Balaban J connectivity index is 1.96. The first-order valence-corrected chi connectivity index (χ1v) is 6.89. The Morgan fingerprint density at radius 1 is 1.29 bits per heavy atom. The molecule has 0 saturated carbocycles. The lowest BCUT2D eigenvalue weighted by Gasteiger charge is -2.34. The van der Waals surface area contributed by atoms with Gasteiger partial charge in [0.25, 0.3) is 0 Å². The van der Waals surface area contributed by atoms with Crippen LogP contribution in [-0.2, 0) is 4.79 Å². The largest absolute Gasteiger partial charge is 0.368 e. The standard InChI is InChI=1S/C13H25N3O/c1-9(2)12(13(14)17)15-10-6-8-16-7-4-3-5-11(10)16/h9-12,15H,3-8H2,1-2H3,(H2,14,17). The summed E-state index contributed by atoms with van der Waals surface area (Å²) < 4.78 is 0. The van der Waals surface area contributed by atoms with Gasteiger partial charge in [-0.05, 0) is 31.7 Å². The van der Waals surface area contributed by atoms with Crippen molar-refractivity contribution in [1.82, 2.24) is 10.2 Å². The smallest absolute Gasteiger partial charge is 0.234 e. The Morgan fingerprint density at radius 3 is 2.71 bits per heavy atom. The van der Waals surface area contributed by atoms with Gasteiger partial charge in [-0.1, -0.05) is 20.3 Å². The molecule has 0 bridgehead atoms. The first kappa shape index (κ1) is 12.8. The molecule has 3 N–H and O–H groups in total. The van der Waals surface area contributed by atoms with Crippen molar-refractivity contribution < 1.29 is 4.79 Å². The highest BCUT2D eigenvalue weighted by Gasteiger charge is 2.37. The van der Waals surface area contributed by atoms with Crippen molar-refractivity contribution in [2.24, 2.45) is 11.7 Å². The van der Waals surface area contributed by atoms with Crippen molar-refractivity contribution in [3.8, 4) is 0 Å². The van der Waals surface area contributed by atoms with E-state index < -0.39 is 0 Å². The molecule has 1 amide bonds. The predicted molar refractivity (Wildman–Crippen MR) is 68.6 cm³/mol. The van der Waals surface area contributed by atoms with Crippen LogP contribution in [0.1, 0.15) is 39.5 Å². The summed E-state index contributed by atoms with van der Waals surface area (Å²) in [6.07, 6.45) is 5.07. The van der Waals surface area contributed by atoms with E-state index in [-0.39, 0.29) is 17.9 Å². The summed E-state index contributed by atoms with van der Waals surface area (Å²) in [5.74, 6) is 0.0550. The van der Waals surface area contributed by atoms with Gasteiger partial charge in [-0.2, -0.15) is 0 Å². The molecule has 2 rings (SSSR count). The van der Waals surface area contributed by atoms with Gasteiger partial charge in [0.1, 0.15) is 0 Å². The number of fused-ring (bicyclic) bond motifs is 1. The fourth-order valence-electron chi connectivity index (χ4n) is 3.28. The van der Waals surface area contributed by atoms with Crippen LogP contribution in [0.15, 0.2) is 0 Å². The molecule has 4 heteroatoms. The van der Waals surface area contributed by atoms with Gasteiger partial charge in [0.15, 0.2) is 0 Å². The molecular formula is C13H25N3O. The first-order chi connectivity index (χ1) is 8.09. The molecule has 0 aromatic rings. The van der Waals surface area contributed by atoms with Crippen LogP contribution in [-0.4, -0.2) is 42.0 Å². The first-order valence-electron chi connectivity index (χ1n) is 6.89. The third kappa shape index (κ3) is 2.80. The predicted octanol–water partition coefficient (Wildman–Crippen LogP) is 0.713. The van der Waals surface area contributed by atoms with E-state index in [0.717, 1.165) is 6.42 Å². The number of carbonyl (C=O) groups excluding carboxylic acids is 1. The van der Waals surface area contributed by atoms with Gasteiger partial charge in [-0.3, -0.25) is 9.69 Å². The number of nitrogens with zero attached hydrogens (tertiary/aromatic N) is 1. The number of piperidine rings is 1. The lowest BCUT2D eigenvalue weighted by Crippen LogP contribution is -2.53. The summed E-state index contributed by atoms with van der Waals surface area (Å²) in [7, 11) is 0. The van der Waals surface area contributed by atoms with Crippen molar-refractivity contribution in [1.29, 1.82) is 0 Å². The van der Waals surface area contributed by atoms with E-state index >= 15 is 0 Å². The number of hydrogen-bond acceptors (Lipinski definition) is 3. The van der Waals surface area contributed by atoms with Gasteiger partial charge in [-0.25, -0.2) is 0 Å². The van der Waals surface area contributed by atoms with Gasteiger partial charge >= 0.3 is 0 Å². The van der Waals surface area contributed by atoms with Crippen molar-refractivity contribution in [2.75, 3.05) is 13.1 Å². The summed E-state index contributed by atoms with van der Waals surface area (Å²) in [6, 6.07) is 0.904. The highest BCUT2D eigenvalue weighted by Crippen LogP contribution is 2.27. The van der Waals surface area contributed by atoms with Crippen LogP contribution in [0.3, 0.4) is 0 Å². The number of primary amides is 1. The average Bonchev–Trinajstić information content (AvgIpc) is 2.68. The van der Waals surface area contributed by atoms with E-state index in [1.54, 1.807) is 0 Å². The zero-order valence-electron chi connectivity index (χ0n) is 11.0. The summed E-state index contributed by atoms with van der Waals surface area (Å²) >= 11 is 0. The summed E-state index contributed by atoms with van der Waals surface area (Å²) in [5, 5.41) is 3.50. The van der Waals surface area contributed by atoms with Gasteiger partial charge < -0.3 is 11.1 Å². The number of nitrogens with one attached hydrogen (secondary N) is 1. The maximum Gasteiger partial charge on any atom is 0.234 e. The Labute approximate surface area is 104 Å². The molecule has 2 saturated heterocycles. The Kier molecular flexibility index (Phi) is 4.05. The maximum absolute atomic E-state index is 11.4. The van der Waals surface area contributed by atoms with Crippen LogP contribution < -0.4 is 11.1 Å². The third-order valence-electron chi connectivity index (χ3n) is 4.22. The van der Waals surface area contributed by atoms with Crippen molar-refractivity contribution >= 4 is 5.91 Å². The van der Waals surface area contributed by atoms with E-state index in [2.05, 4.69) is 24.1 Å². The SMILES string of the molecule is CC(C)C(NC1CCN2CCCCC12)C(N)=O. The monoisotopic (exact) mass is 239 g/mol. The molecule has 0 spiro atoms. The molecule has 98 valence electrons. The fourth-order valence-corrected chi connectivity index (χ4v) is 3.28. The molecule has 0 aliphatic carbocycles. The van der Waals surface area contributed by atoms with Crippen molar-refractivity contribution in [2.45, 2.75) is 57.7 Å². The molecule has 17 heavy (non-hydrogen) atoms. The van der Waals surface area contributed by atoms with Crippen LogP contribution in [0.5, 0.6) is 0 Å². The summed E-state index contributed by atoms with van der Waals surface area (Å²) in [4.78, 5) is 14.0. The Morgan fingerprint density at radius 2 is 2.06 bits per heavy atom. The van der Waals surface area contributed by atoms with Crippen LogP contribution in [0.2, 0.25) is 0 Å². The second kappa shape index (κ2) is 5.36. The van der Waals surface area contributed by atoms with Gasteiger partial charge in [0.05, 0.1) is 6.04 Å². The molecule has 3 unspecified atom stereocenters. The minimum Gasteiger partial charge on any atom is -0.368 e. The van der Waals surface area contributed by atoms with E-state index in [1.165, 1.54) is 32.4 Å². The summed E-state index contributed by atoms with van der Waals surface area (Å²) in [5.41, 5.74) is 5.47. The molecule has 2 heterocycles. The second-order valence-corrected chi connectivity index (χ2v) is 5.78. The number of hydrogen-bond donors (Lipinski definition) is 2. The normalized spacial score (nSPS) is 31.5. The van der Waals surface area contributed by atoms with Crippen molar-refractivity contribution in [3.05, 3.63) is 0 Å². The van der Waals surface area contributed by atoms with Crippen LogP contribution in [0.25, 0.3) is 0 Å². The van der Waals surface area contributed by atoms with Crippen LogP contribution >= 0.6 is 0 Å². The van der Waals surface area contributed by atoms with Crippen molar-refractivity contribution in [3.63, 3.8) is 0 Å². The molecule has 0 aromatic carbocycles. The van der Waals surface area contributed by atoms with Gasteiger partial charge in [0, 0.05) is 18.6 Å². The maximum atomic E-state index is 11.4. The fraction of sp³-hybridized carbons (Fsp3) is 0.923. The van der Waals surface area contributed by atoms with Gasteiger partial charge in [0.2, 0.25) is 5.91 Å². The molecule has 2 aliphatic heterocycles. The minimum atomic E-state index is -0.214. The number of rotatable bonds is 4. The topological polar surface area (TPSA) is 58.4 Å². The van der Waals surface area contributed by atoms with Crippen LogP contribution in [0.4, 0.5) is 0 Å². The third-order valence-corrected chi connectivity index (χ3v) is 4.22. The molecule has 4 nitrogen and oxygen atoms in total. The zero-order chi connectivity index (χ0) is 12.4. The number of nitrogens with two attached hydrogens (primary N) is 1. The molecule has 3 atom stereocenters.